The van der Waals surface area contributed by atoms with Gasteiger partial charge in [0, 0.05) is 39.4 Å². The van der Waals surface area contributed by atoms with Crippen LogP contribution in [0.1, 0.15) is 32.6 Å². The second-order valence-electron chi connectivity index (χ2n) is 6.98. The zero-order chi connectivity index (χ0) is 16.8. The van der Waals surface area contributed by atoms with Crippen molar-refractivity contribution >= 4 is 11.6 Å². The van der Waals surface area contributed by atoms with Crippen molar-refractivity contribution in [3.63, 3.8) is 0 Å². The minimum Gasteiger partial charge on any atom is -0.382 e. The Kier molecular flexibility index (Phi) is 6.26. The van der Waals surface area contributed by atoms with E-state index < -0.39 is 0 Å². The van der Waals surface area contributed by atoms with Gasteiger partial charge in [0.05, 0.1) is 19.3 Å². The molecule has 24 heavy (non-hydrogen) atoms. The van der Waals surface area contributed by atoms with Crippen LogP contribution < -0.4 is 9.80 Å². The minimum absolute atomic E-state index is 0.348. The van der Waals surface area contributed by atoms with Crippen LogP contribution in [0.4, 0.5) is 11.6 Å². The number of piperidine rings is 2. The van der Waals surface area contributed by atoms with Gasteiger partial charge < -0.3 is 19.3 Å². The normalized spacial score (nSPS) is 22.8. The number of ether oxygens (including phenoxy) is 2. The highest BCUT2D eigenvalue weighted by molar-refractivity contribution is 5.50. The van der Waals surface area contributed by atoms with Gasteiger partial charge in [-0.1, -0.05) is 6.92 Å². The molecule has 1 unspecified atom stereocenters. The highest BCUT2D eigenvalue weighted by atomic mass is 16.5. The Balaban J connectivity index is 1.55. The average Bonchev–Trinajstić information content (AvgIpc) is 2.63. The summed E-state index contributed by atoms with van der Waals surface area (Å²) in [4.78, 5) is 13.8. The molecule has 2 aliphatic heterocycles. The predicted molar refractivity (Wildman–Crippen MR) is 95.7 cm³/mol. The Morgan fingerprint density at radius 2 is 1.79 bits per heavy atom. The molecule has 1 aromatic rings. The second-order valence-corrected chi connectivity index (χ2v) is 6.98. The molecule has 0 saturated carbocycles. The van der Waals surface area contributed by atoms with Gasteiger partial charge in [-0.3, -0.25) is 0 Å². The van der Waals surface area contributed by atoms with Crippen LogP contribution in [0, 0.1) is 5.92 Å². The van der Waals surface area contributed by atoms with E-state index >= 15 is 0 Å². The molecule has 3 rings (SSSR count). The maximum atomic E-state index is 5.85. The molecule has 0 radical (unpaired) electrons. The first-order valence-electron chi connectivity index (χ1n) is 9.18. The van der Waals surface area contributed by atoms with Crippen LogP contribution in [-0.2, 0) is 9.47 Å². The Hall–Kier alpha value is -1.40. The van der Waals surface area contributed by atoms with Gasteiger partial charge in [-0.15, -0.1) is 0 Å². The fourth-order valence-corrected chi connectivity index (χ4v) is 3.63. The maximum absolute atomic E-state index is 5.85. The topological polar surface area (TPSA) is 50.7 Å². The summed E-state index contributed by atoms with van der Waals surface area (Å²) in [7, 11) is 1.71. The maximum Gasteiger partial charge on any atom is 0.134 e. The van der Waals surface area contributed by atoms with Crippen molar-refractivity contribution in [3.8, 4) is 0 Å². The first-order chi connectivity index (χ1) is 11.8. The zero-order valence-corrected chi connectivity index (χ0v) is 15.0. The van der Waals surface area contributed by atoms with Gasteiger partial charge in [0.2, 0.25) is 0 Å². The fourth-order valence-electron chi connectivity index (χ4n) is 3.63. The van der Waals surface area contributed by atoms with Crippen LogP contribution in [-0.4, -0.2) is 62.6 Å². The van der Waals surface area contributed by atoms with Gasteiger partial charge in [-0.05, 0) is 31.6 Å². The van der Waals surface area contributed by atoms with Gasteiger partial charge in [0.15, 0.2) is 0 Å². The van der Waals surface area contributed by atoms with Crippen LogP contribution >= 0.6 is 0 Å². The van der Waals surface area contributed by atoms with Gasteiger partial charge >= 0.3 is 0 Å². The lowest BCUT2D eigenvalue weighted by Crippen LogP contribution is -2.38. The van der Waals surface area contributed by atoms with E-state index in [-0.39, 0.29) is 0 Å². The molecule has 2 aliphatic rings. The van der Waals surface area contributed by atoms with Crippen molar-refractivity contribution < 1.29 is 9.47 Å². The Morgan fingerprint density at radius 1 is 1.04 bits per heavy atom. The quantitative estimate of drug-likeness (QED) is 0.744. The van der Waals surface area contributed by atoms with Gasteiger partial charge in [0.25, 0.3) is 0 Å². The molecule has 1 aromatic heterocycles. The van der Waals surface area contributed by atoms with E-state index in [9.17, 15) is 0 Å². The van der Waals surface area contributed by atoms with E-state index in [2.05, 4.69) is 32.8 Å². The summed E-state index contributed by atoms with van der Waals surface area (Å²) < 4.78 is 10.9. The molecule has 3 heterocycles. The second kappa shape index (κ2) is 8.62. The molecule has 6 heteroatoms. The van der Waals surface area contributed by atoms with Crippen LogP contribution in [0.15, 0.2) is 12.4 Å². The Bertz CT molecular complexity index is 506. The van der Waals surface area contributed by atoms with E-state index in [0.717, 1.165) is 56.6 Å². The van der Waals surface area contributed by atoms with Crippen molar-refractivity contribution in [2.24, 2.45) is 5.92 Å². The number of methoxy groups -OCH3 is 1. The number of nitrogens with zero attached hydrogens (tertiary/aromatic N) is 4. The predicted octanol–water partition coefficient (Wildman–Crippen LogP) is 2.34. The molecule has 134 valence electrons. The monoisotopic (exact) mass is 334 g/mol. The third-order valence-electron chi connectivity index (χ3n) is 5.03. The third-order valence-corrected chi connectivity index (χ3v) is 5.03. The van der Waals surface area contributed by atoms with Gasteiger partial charge in [-0.25, -0.2) is 9.97 Å². The standard InChI is InChI=1S/C18H30N4O2/c1-15-4-3-7-22(13-15)18-12-17(19-14-20-18)21-8-5-16(6-9-21)24-11-10-23-2/h12,14-16H,3-11,13H2,1-2H3. The van der Waals surface area contributed by atoms with E-state index in [0.29, 0.717) is 19.3 Å². The average molecular weight is 334 g/mol. The SMILES string of the molecule is COCCOC1CCN(c2cc(N3CCCC(C)C3)ncn2)CC1. The highest BCUT2D eigenvalue weighted by Gasteiger charge is 2.22. The number of rotatable bonds is 6. The molecule has 0 N–H and O–H groups in total. The first-order valence-corrected chi connectivity index (χ1v) is 9.18. The van der Waals surface area contributed by atoms with Crippen LogP contribution in [0.5, 0.6) is 0 Å². The summed E-state index contributed by atoms with van der Waals surface area (Å²) in [5.41, 5.74) is 0. The fraction of sp³-hybridized carbons (Fsp3) is 0.778. The third kappa shape index (κ3) is 4.57. The zero-order valence-electron chi connectivity index (χ0n) is 15.0. The molecule has 6 nitrogen and oxygen atoms in total. The molecule has 0 amide bonds. The molecule has 0 bridgehead atoms. The van der Waals surface area contributed by atoms with Crippen molar-refractivity contribution in [2.75, 3.05) is 56.3 Å². The molecule has 1 atom stereocenters. The number of aromatic nitrogens is 2. The number of hydrogen-bond donors (Lipinski definition) is 0. The lowest BCUT2D eigenvalue weighted by atomic mass is 10.0. The summed E-state index contributed by atoms with van der Waals surface area (Å²) in [5.74, 6) is 2.87. The minimum atomic E-state index is 0.348. The summed E-state index contributed by atoms with van der Waals surface area (Å²) in [5, 5.41) is 0. The molecule has 0 spiro atoms. The van der Waals surface area contributed by atoms with Crippen LogP contribution in [0.3, 0.4) is 0 Å². The van der Waals surface area contributed by atoms with Crippen molar-refractivity contribution in [1.29, 1.82) is 0 Å². The molecule has 0 aromatic carbocycles. The lowest BCUT2D eigenvalue weighted by molar-refractivity contribution is 0.00604. The van der Waals surface area contributed by atoms with E-state index in [1.807, 2.05) is 0 Å². The summed E-state index contributed by atoms with van der Waals surface area (Å²) in [6, 6.07) is 2.16. The summed E-state index contributed by atoms with van der Waals surface area (Å²) in [6.07, 6.45) is 6.73. The van der Waals surface area contributed by atoms with Gasteiger partial charge in [0.1, 0.15) is 18.0 Å². The Morgan fingerprint density at radius 3 is 2.50 bits per heavy atom. The lowest BCUT2D eigenvalue weighted by Gasteiger charge is -2.34. The highest BCUT2D eigenvalue weighted by Crippen LogP contribution is 2.25. The van der Waals surface area contributed by atoms with E-state index in [1.54, 1.807) is 13.4 Å². The summed E-state index contributed by atoms with van der Waals surface area (Å²) in [6.45, 7) is 7.87. The first kappa shape index (κ1) is 17.4. The van der Waals surface area contributed by atoms with Crippen LogP contribution in [0.25, 0.3) is 0 Å². The van der Waals surface area contributed by atoms with E-state index in [4.69, 9.17) is 9.47 Å². The summed E-state index contributed by atoms with van der Waals surface area (Å²) >= 11 is 0. The van der Waals surface area contributed by atoms with E-state index in [1.165, 1.54) is 12.8 Å². The molecule has 2 saturated heterocycles. The number of anilines is 2. The number of hydrogen-bond acceptors (Lipinski definition) is 6. The molecular weight excluding hydrogens is 304 g/mol. The van der Waals surface area contributed by atoms with Crippen molar-refractivity contribution in [1.82, 2.24) is 9.97 Å². The largest absolute Gasteiger partial charge is 0.382 e. The molecule has 0 aliphatic carbocycles. The molecular formula is C18H30N4O2. The van der Waals surface area contributed by atoms with Crippen LogP contribution in [0.2, 0.25) is 0 Å². The Labute approximate surface area is 145 Å². The smallest absolute Gasteiger partial charge is 0.134 e. The van der Waals surface area contributed by atoms with Crippen molar-refractivity contribution in [3.05, 3.63) is 12.4 Å². The van der Waals surface area contributed by atoms with Gasteiger partial charge in [-0.2, -0.15) is 0 Å². The molecule has 2 fully saturated rings. The van der Waals surface area contributed by atoms with Crippen molar-refractivity contribution in [2.45, 2.75) is 38.7 Å².